The third-order valence-electron chi connectivity index (χ3n) is 4.81. The fourth-order valence-electron chi connectivity index (χ4n) is 3.59. The van der Waals surface area contributed by atoms with Crippen LogP contribution in [0.4, 0.5) is 0 Å². The molecule has 2 aliphatic heterocycles. The van der Waals surface area contributed by atoms with Gasteiger partial charge in [-0.2, -0.15) is 0 Å². The van der Waals surface area contributed by atoms with Gasteiger partial charge in [-0.05, 0) is 30.0 Å². The van der Waals surface area contributed by atoms with E-state index in [9.17, 15) is 9.90 Å². The number of piperazine rings is 1. The lowest BCUT2D eigenvalue weighted by Crippen LogP contribution is -2.56. The van der Waals surface area contributed by atoms with E-state index in [1.807, 2.05) is 23.1 Å². The Morgan fingerprint density at radius 2 is 2.08 bits per heavy atom. The minimum atomic E-state index is 0.131. The Labute approximate surface area is 149 Å². The highest BCUT2D eigenvalue weighted by Crippen LogP contribution is 2.32. The first-order chi connectivity index (χ1) is 12.1. The van der Waals surface area contributed by atoms with Crippen molar-refractivity contribution in [3.05, 3.63) is 23.8 Å². The van der Waals surface area contributed by atoms with Gasteiger partial charge in [0, 0.05) is 38.8 Å². The summed E-state index contributed by atoms with van der Waals surface area (Å²) in [6.07, 6.45) is 1.08. The van der Waals surface area contributed by atoms with Crippen molar-refractivity contribution in [2.75, 3.05) is 39.6 Å². The molecule has 0 radical (unpaired) electrons. The minimum absolute atomic E-state index is 0.131. The summed E-state index contributed by atoms with van der Waals surface area (Å²) >= 11 is 0. The van der Waals surface area contributed by atoms with Gasteiger partial charge in [-0.1, -0.05) is 19.9 Å². The van der Waals surface area contributed by atoms with Gasteiger partial charge in [0.1, 0.15) is 0 Å². The van der Waals surface area contributed by atoms with Crippen LogP contribution in [0.2, 0.25) is 0 Å². The third-order valence-corrected chi connectivity index (χ3v) is 4.81. The van der Waals surface area contributed by atoms with Crippen LogP contribution in [-0.2, 0) is 11.2 Å². The normalized spacial score (nSPS) is 20.3. The van der Waals surface area contributed by atoms with Gasteiger partial charge in [-0.15, -0.1) is 0 Å². The van der Waals surface area contributed by atoms with Crippen LogP contribution >= 0.6 is 0 Å². The molecule has 2 heterocycles. The molecule has 138 valence electrons. The number of aliphatic hydroxyl groups excluding tert-OH is 1. The van der Waals surface area contributed by atoms with Gasteiger partial charge in [-0.25, -0.2) is 0 Å². The van der Waals surface area contributed by atoms with Crippen molar-refractivity contribution in [3.8, 4) is 11.5 Å². The molecule has 0 aromatic heterocycles. The molecule has 0 aliphatic carbocycles. The highest BCUT2D eigenvalue weighted by Gasteiger charge is 2.29. The van der Waals surface area contributed by atoms with E-state index >= 15 is 0 Å². The molecule has 1 fully saturated rings. The first kappa shape index (κ1) is 18.0. The summed E-state index contributed by atoms with van der Waals surface area (Å²) in [7, 11) is 0. The summed E-state index contributed by atoms with van der Waals surface area (Å²) in [5.41, 5.74) is 0.942. The number of rotatable bonds is 6. The van der Waals surface area contributed by atoms with Crippen molar-refractivity contribution >= 4 is 5.91 Å². The number of carbonyl (C=O) groups is 1. The van der Waals surface area contributed by atoms with Crippen molar-refractivity contribution < 1.29 is 19.4 Å². The van der Waals surface area contributed by atoms with Crippen molar-refractivity contribution in [1.82, 2.24) is 9.80 Å². The van der Waals surface area contributed by atoms with Crippen molar-refractivity contribution in [1.29, 1.82) is 0 Å². The fraction of sp³-hybridized carbons (Fsp3) is 0.632. The smallest absolute Gasteiger partial charge is 0.231 e. The standard InChI is InChI=1S/C19H28N2O4/c1-14(2)11-20-6-7-21(12-16(20)5-8-22)19(23)10-15-3-4-17-18(9-15)25-13-24-17/h3-4,9,14,16,22H,5-8,10-13H2,1-2H3/t16-/m0/s1. The van der Waals surface area contributed by atoms with Gasteiger partial charge in [0.2, 0.25) is 12.7 Å². The second-order valence-electron chi connectivity index (χ2n) is 7.26. The zero-order valence-electron chi connectivity index (χ0n) is 15.1. The number of carbonyl (C=O) groups excluding carboxylic acids is 1. The largest absolute Gasteiger partial charge is 0.454 e. The van der Waals surface area contributed by atoms with Crippen LogP contribution in [0.15, 0.2) is 18.2 Å². The lowest BCUT2D eigenvalue weighted by molar-refractivity contribution is -0.133. The molecule has 3 rings (SSSR count). The molecular weight excluding hydrogens is 320 g/mol. The summed E-state index contributed by atoms with van der Waals surface area (Å²) in [6.45, 7) is 8.12. The van der Waals surface area contributed by atoms with Crippen LogP contribution in [-0.4, -0.2) is 66.4 Å². The maximum Gasteiger partial charge on any atom is 0.231 e. The topological polar surface area (TPSA) is 62.2 Å². The highest BCUT2D eigenvalue weighted by molar-refractivity contribution is 5.79. The van der Waals surface area contributed by atoms with E-state index in [0.29, 0.717) is 31.1 Å². The first-order valence-electron chi connectivity index (χ1n) is 9.08. The Bertz CT molecular complexity index is 605. The second kappa shape index (κ2) is 8.06. The van der Waals surface area contributed by atoms with E-state index in [0.717, 1.165) is 30.9 Å². The number of amides is 1. The van der Waals surface area contributed by atoms with E-state index < -0.39 is 0 Å². The predicted molar refractivity (Wildman–Crippen MR) is 94.8 cm³/mol. The molecule has 1 saturated heterocycles. The van der Waals surface area contributed by atoms with E-state index in [1.54, 1.807) is 0 Å². The Balaban J connectivity index is 1.60. The molecule has 1 aromatic carbocycles. The number of hydrogen-bond acceptors (Lipinski definition) is 5. The minimum Gasteiger partial charge on any atom is -0.454 e. The quantitative estimate of drug-likeness (QED) is 0.844. The highest BCUT2D eigenvalue weighted by atomic mass is 16.7. The monoisotopic (exact) mass is 348 g/mol. The predicted octanol–water partition coefficient (Wildman–Crippen LogP) is 1.51. The molecule has 1 amide bonds. The molecule has 1 N–H and O–H groups in total. The molecule has 0 bridgehead atoms. The lowest BCUT2D eigenvalue weighted by Gasteiger charge is -2.42. The Kier molecular flexibility index (Phi) is 5.81. The molecule has 2 aliphatic rings. The SMILES string of the molecule is CC(C)CN1CCN(C(=O)Cc2ccc3c(c2)OCO3)C[C@@H]1CCO. The van der Waals surface area contributed by atoms with Crippen LogP contribution in [0.3, 0.4) is 0 Å². The molecule has 6 nitrogen and oxygen atoms in total. The number of fused-ring (bicyclic) bond motifs is 1. The van der Waals surface area contributed by atoms with Gasteiger partial charge in [-0.3, -0.25) is 9.69 Å². The molecule has 0 saturated carbocycles. The van der Waals surface area contributed by atoms with Crippen molar-refractivity contribution in [2.45, 2.75) is 32.7 Å². The van der Waals surface area contributed by atoms with Gasteiger partial charge in [0.05, 0.1) is 6.42 Å². The molecular formula is C19H28N2O4. The zero-order chi connectivity index (χ0) is 17.8. The lowest BCUT2D eigenvalue weighted by atomic mass is 10.0. The van der Waals surface area contributed by atoms with Gasteiger partial charge in [0.15, 0.2) is 11.5 Å². The number of nitrogens with zero attached hydrogens (tertiary/aromatic N) is 2. The van der Waals surface area contributed by atoms with Crippen LogP contribution in [0.1, 0.15) is 25.8 Å². The maximum atomic E-state index is 12.7. The van der Waals surface area contributed by atoms with E-state index in [-0.39, 0.29) is 25.3 Å². The second-order valence-corrected chi connectivity index (χ2v) is 7.26. The zero-order valence-corrected chi connectivity index (χ0v) is 15.1. The average Bonchev–Trinajstić information content (AvgIpc) is 3.04. The first-order valence-corrected chi connectivity index (χ1v) is 9.08. The Hall–Kier alpha value is -1.79. The van der Waals surface area contributed by atoms with Crippen molar-refractivity contribution in [2.24, 2.45) is 5.92 Å². The summed E-state index contributed by atoms with van der Waals surface area (Å²) in [6, 6.07) is 5.91. The molecule has 0 spiro atoms. The van der Waals surface area contributed by atoms with Crippen LogP contribution in [0, 0.1) is 5.92 Å². The summed E-state index contributed by atoms with van der Waals surface area (Å²) in [5, 5.41) is 9.36. The number of hydrogen-bond donors (Lipinski definition) is 1. The van der Waals surface area contributed by atoms with Crippen LogP contribution < -0.4 is 9.47 Å². The maximum absolute atomic E-state index is 12.7. The van der Waals surface area contributed by atoms with Crippen molar-refractivity contribution in [3.63, 3.8) is 0 Å². The van der Waals surface area contributed by atoms with Gasteiger partial charge < -0.3 is 19.5 Å². The summed E-state index contributed by atoms with van der Waals surface area (Å²) in [4.78, 5) is 17.1. The third kappa shape index (κ3) is 4.44. The summed E-state index contributed by atoms with van der Waals surface area (Å²) in [5.74, 6) is 2.16. The van der Waals surface area contributed by atoms with E-state index in [1.165, 1.54) is 0 Å². The van der Waals surface area contributed by atoms with E-state index in [4.69, 9.17) is 9.47 Å². The van der Waals surface area contributed by atoms with Gasteiger partial charge >= 0.3 is 0 Å². The molecule has 25 heavy (non-hydrogen) atoms. The fourth-order valence-corrected chi connectivity index (χ4v) is 3.59. The molecule has 1 atom stereocenters. The molecule has 1 aromatic rings. The van der Waals surface area contributed by atoms with Crippen LogP contribution in [0.25, 0.3) is 0 Å². The summed E-state index contributed by atoms with van der Waals surface area (Å²) < 4.78 is 10.7. The Morgan fingerprint density at radius 1 is 1.28 bits per heavy atom. The number of benzene rings is 1. The molecule has 0 unspecified atom stereocenters. The van der Waals surface area contributed by atoms with E-state index in [2.05, 4.69) is 18.7 Å². The molecule has 6 heteroatoms. The van der Waals surface area contributed by atoms with Crippen LogP contribution in [0.5, 0.6) is 11.5 Å². The Morgan fingerprint density at radius 3 is 2.84 bits per heavy atom. The average molecular weight is 348 g/mol. The number of aliphatic hydroxyl groups is 1. The van der Waals surface area contributed by atoms with Gasteiger partial charge in [0.25, 0.3) is 0 Å². The number of ether oxygens (including phenoxy) is 2.